The number of hydrogen-bond donors (Lipinski definition) is 1. The van der Waals surface area contributed by atoms with Gasteiger partial charge in [0, 0.05) is 23.9 Å². The lowest BCUT2D eigenvalue weighted by Crippen LogP contribution is -2.60. The maximum atomic E-state index is 5.91. The maximum Gasteiger partial charge on any atom is 0.0332 e. The Morgan fingerprint density at radius 3 is 2.43 bits per heavy atom. The molecule has 84 valence electrons. The van der Waals surface area contributed by atoms with E-state index < -0.39 is 0 Å². The van der Waals surface area contributed by atoms with Gasteiger partial charge in [0.1, 0.15) is 0 Å². The van der Waals surface area contributed by atoms with Crippen LogP contribution in [0.4, 0.5) is 0 Å². The lowest BCUT2D eigenvalue weighted by Gasteiger charge is -2.51. The smallest absolute Gasteiger partial charge is 0.0332 e. The van der Waals surface area contributed by atoms with Gasteiger partial charge < -0.3 is 5.73 Å². The van der Waals surface area contributed by atoms with Gasteiger partial charge in [-0.05, 0) is 39.0 Å². The van der Waals surface area contributed by atoms with Crippen molar-refractivity contribution in [3.63, 3.8) is 0 Å². The summed E-state index contributed by atoms with van der Waals surface area (Å²) in [4.78, 5) is 2.55. The number of nitrogens with zero attached hydrogens (tertiary/aromatic N) is 1. The molecule has 0 radical (unpaired) electrons. The highest BCUT2D eigenvalue weighted by Crippen LogP contribution is 2.37. The van der Waals surface area contributed by atoms with Crippen LogP contribution in [-0.4, -0.2) is 42.1 Å². The molecule has 1 atom stereocenters. The molecular weight excluding hydrogens is 192 g/mol. The standard InChI is InChI=1S/C11H24N2S/c1-4-10(8-14-3)13(2)11(9-12)6-5-7-11/h10H,4-9,12H2,1-3H3. The number of rotatable bonds is 6. The summed E-state index contributed by atoms with van der Waals surface area (Å²) in [5.74, 6) is 1.23. The van der Waals surface area contributed by atoms with Crippen LogP contribution in [0.3, 0.4) is 0 Å². The first-order chi connectivity index (χ1) is 6.70. The predicted molar refractivity (Wildman–Crippen MR) is 65.9 cm³/mol. The highest BCUT2D eigenvalue weighted by molar-refractivity contribution is 7.98. The van der Waals surface area contributed by atoms with Gasteiger partial charge in [0.05, 0.1) is 0 Å². The van der Waals surface area contributed by atoms with E-state index in [0.717, 1.165) is 6.54 Å². The van der Waals surface area contributed by atoms with Crippen molar-refractivity contribution < 1.29 is 0 Å². The van der Waals surface area contributed by atoms with E-state index in [-0.39, 0.29) is 0 Å². The van der Waals surface area contributed by atoms with E-state index in [1.54, 1.807) is 0 Å². The van der Waals surface area contributed by atoms with Gasteiger partial charge in [-0.2, -0.15) is 11.8 Å². The highest BCUT2D eigenvalue weighted by atomic mass is 32.2. The zero-order chi connectivity index (χ0) is 10.6. The predicted octanol–water partition coefficient (Wildman–Crippen LogP) is 1.94. The van der Waals surface area contributed by atoms with Crippen molar-refractivity contribution >= 4 is 11.8 Å². The molecule has 3 heteroatoms. The fourth-order valence-electron chi connectivity index (χ4n) is 2.37. The monoisotopic (exact) mass is 216 g/mol. The van der Waals surface area contributed by atoms with Gasteiger partial charge in [-0.3, -0.25) is 4.90 Å². The van der Waals surface area contributed by atoms with Crippen LogP contribution in [0.15, 0.2) is 0 Å². The molecular formula is C11H24N2S. The number of nitrogens with two attached hydrogens (primary N) is 1. The van der Waals surface area contributed by atoms with Gasteiger partial charge in [-0.25, -0.2) is 0 Å². The third-order valence-electron chi connectivity index (χ3n) is 3.79. The fraction of sp³-hybridized carbons (Fsp3) is 1.00. The van der Waals surface area contributed by atoms with Crippen LogP contribution in [0.5, 0.6) is 0 Å². The first-order valence-electron chi connectivity index (χ1n) is 5.62. The molecule has 1 aliphatic carbocycles. The molecule has 0 aliphatic heterocycles. The summed E-state index contributed by atoms with van der Waals surface area (Å²) in [6.07, 6.45) is 7.37. The molecule has 0 amide bonds. The zero-order valence-electron chi connectivity index (χ0n) is 9.75. The lowest BCUT2D eigenvalue weighted by atomic mass is 9.75. The molecule has 0 saturated heterocycles. The van der Waals surface area contributed by atoms with Gasteiger partial charge in [0.2, 0.25) is 0 Å². The Kier molecular flexibility index (Phi) is 4.74. The van der Waals surface area contributed by atoms with Gasteiger partial charge in [-0.15, -0.1) is 0 Å². The van der Waals surface area contributed by atoms with Crippen molar-refractivity contribution in [2.75, 3.05) is 25.6 Å². The first-order valence-corrected chi connectivity index (χ1v) is 7.01. The topological polar surface area (TPSA) is 29.3 Å². The van der Waals surface area contributed by atoms with Gasteiger partial charge in [0.15, 0.2) is 0 Å². The molecule has 1 rings (SSSR count). The highest BCUT2D eigenvalue weighted by Gasteiger charge is 2.41. The number of likely N-dealkylation sites (N-methyl/N-ethyl adjacent to an activating group) is 1. The minimum absolute atomic E-state index is 0.344. The zero-order valence-corrected chi connectivity index (χ0v) is 10.6. The molecule has 0 heterocycles. The molecule has 0 bridgehead atoms. The summed E-state index contributed by atoms with van der Waals surface area (Å²) in [5.41, 5.74) is 6.25. The first kappa shape index (κ1) is 12.3. The Morgan fingerprint density at radius 2 is 2.14 bits per heavy atom. The second-order valence-electron chi connectivity index (χ2n) is 4.41. The van der Waals surface area contributed by atoms with Crippen LogP contribution < -0.4 is 5.73 Å². The van der Waals surface area contributed by atoms with Crippen molar-refractivity contribution in [2.24, 2.45) is 5.73 Å². The molecule has 1 fully saturated rings. The van der Waals surface area contributed by atoms with E-state index in [9.17, 15) is 0 Å². The summed E-state index contributed by atoms with van der Waals surface area (Å²) in [6, 6.07) is 0.703. The van der Waals surface area contributed by atoms with E-state index in [1.165, 1.54) is 31.4 Å². The Morgan fingerprint density at radius 1 is 1.50 bits per heavy atom. The van der Waals surface area contributed by atoms with Crippen LogP contribution in [0.25, 0.3) is 0 Å². The third-order valence-corrected chi connectivity index (χ3v) is 4.51. The number of hydrogen-bond acceptors (Lipinski definition) is 3. The molecule has 1 unspecified atom stereocenters. The summed E-state index contributed by atoms with van der Waals surface area (Å²) >= 11 is 1.94. The van der Waals surface area contributed by atoms with E-state index in [4.69, 9.17) is 5.73 Å². The second-order valence-corrected chi connectivity index (χ2v) is 5.32. The quantitative estimate of drug-likeness (QED) is 0.736. The van der Waals surface area contributed by atoms with Crippen molar-refractivity contribution in [1.82, 2.24) is 4.90 Å². The summed E-state index contributed by atoms with van der Waals surface area (Å²) in [7, 11) is 2.26. The van der Waals surface area contributed by atoms with Crippen LogP contribution in [0.2, 0.25) is 0 Å². The number of thioether (sulfide) groups is 1. The second kappa shape index (κ2) is 5.38. The van der Waals surface area contributed by atoms with Crippen molar-refractivity contribution in [2.45, 2.75) is 44.2 Å². The Balaban J connectivity index is 2.55. The largest absolute Gasteiger partial charge is 0.329 e. The molecule has 0 aromatic carbocycles. The lowest BCUT2D eigenvalue weighted by molar-refractivity contribution is 0.0174. The van der Waals surface area contributed by atoms with Crippen LogP contribution >= 0.6 is 11.8 Å². The SMILES string of the molecule is CCC(CSC)N(C)C1(CN)CCC1. The Bertz CT molecular complexity index is 163. The fourth-order valence-corrected chi connectivity index (χ4v) is 3.21. The molecule has 0 spiro atoms. The normalized spacial score (nSPS) is 22.1. The molecule has 0 aromatic rings. The van der Waals surface area contributed by atoms with Crippen LogP contribution in [0, 0.1) is 0 Å². The van der Waals surface area contributed by atoms with E-state index in [1.807, 2.05) is 11.8 Å². The Hall–Kier alpha value is 0.270. The molecule has 0 aromatic heterocycles. The molecule has 14 heavy (non-hydrogen) atoms. The minimum atomic E-state index is 0.344. The van der Waals surface area contributed by atoms with Crippen molar-refractivity contribution in [3.8, 4) is 0 Å². The van der Waals surface area contributed by atoms with Gasteiger partial charge in [-0.1, -0.05) is 6.92 Å². The van der Waals surface area contributed by atoms with Crippen LogP contribution in [-0.2, 0) is 0 Å². The van der Waals surface area contributed by atoms with E-state index in [2.05, 4.69) is 25.1 Å². The molecule has 2 N–H and O–H groups in total. The average molecular weight is 216 g/mol. The summed E-state index contributed by atoms with van der Waals surface area (Å²) in [5, 5.41) is 0. The molecule has 1 aliphatic rings. The summed E-state index contributed by atoms with van der Waals surface area (Å²) < 4.78 is 0. The van der Waals surface area contributed by atoms with Crippen molar-refractivity contribution in [3.05, 3.63) is 0 Å². The third kappa shape index (κ3) is 2.26. The average Bonchev–Trinajstić information content (AvgIpc) is 2.13. The Labute approximate surface area is 92.6 Å². The van der Waals surface area contributed by atoms with E-state index in [0.29, 0.717) is 11.6 Å². The molecule has 2 nitrogen and oxygen atoms in total. The van der Waals surface area contributed by atoms with Crippen molar-refractivity contribution in [1.29, 1.82) is 0 Å². The minimum Gasteiger partial charge on any atom is -0.329 e. The van der Waals surface area contributed by atoms with Gasteiger partial charge in [0.25, 0.3) is 0 Å². The van der Waals surface area contributed by atoms with Gasteiger partial charge >= 0.3 is 0 Å². The van der Waals surface area contributed by atoms with Crippen LogP contribution in [0.1, 0.15) is 32.6 Å². The van der Waals surface area contributed by atoms with E-state index >= 15 is 0 Å². The molecule has 1 saturated carbocycles. The maximum absolute atomic E-state index is 5.91. The summed E-state index contributed by atoms with van der Waals surface area (Å²) in [6.45, 7) is 3.11.